The molecule has 0 aromatic carbocycles. The van der Waals surface area contributed by atoms with Crippen LogP contribution in [0.2, 0.25) is 0 Å². The van der Waals surface area contributed by atoms with Crippen LogP contribution in [0.15, 0.2) is 11.8 Å². The van der Waals surface area contributed by atoms with Gasteiger partial charge in [-0.05, 0) is 19.9 Å². The molecule has 1 aliphatic rings. The van der Waals surface area contributed by atoms with Crippen molar-refractivity contribution in [2.24, 2.45) is 5.73 Å². The fourth-order valence-electron chi connectivity index (χ4n) is 1.13. The molecule has 6 nitrogen and oxygen atoms in total. The normalized spacial score (nSPS) is 20.9. The zero-order chi connectivity index (χ0) is 11.5. The van der Waals surface area contributed by atoms with E-state index in [1.54, 1.807) is 19.9 Å². The lowest BCUT2D eigenvalue weighted by molar-refractivity contribution is 0.0872. The summed E-state index contributed by atoms with van der Waals surface area (Å²) in [6.07, 6.45) is 0.501. The van der Waals surface area contributed by atoms with Crippen molar-refractivity contribution in [2.45, 2.75) is 25.9 Å². The van der Waals surface area contributed by atoms with Gasteiger partial charge in [-0.25, -0.2) is 9.59 Å². The van der Waals surface area contributed by atoms with Crippen molar-refractivity contribution in [3.05, 3.63) is 11.8 Å². The number of carbonyl (C=O) groups excluding carboxylic acids is 2. The first kappa shape index (κ1) is 11.4. The first-order valence-electron chi connectivity index (χ1n) is 4.45. The van der Waals surface area contributed by atoms with E-state index in [1.165, 1.54) is 0 Å². The van der Waals surface area contributed by atoms with Crippen molar-refractivity contribution < 1.29 is 23.8 Å². The van der Waals surface area contributed by atoms with Gasteiger partial charge in [0.1, 0.15) is 0 Å². The van der Waals surface area contributed by atoms with Crippen molar-refractivity contribution in [3.8, 4) is 0 Å². The van der Waals surface area contributed by atoms with E-state index < -0.39 is 17.8 Å². The maximum absolute atomic E-state index is 10.8. The number of amides is 1. The van der Waals surface area contributed by atoms with E-state index in [-0.39, 0.29) is 6.61 Å². The van der Waals surface area contributed by atoms with Gasteiger partial charge in [-0.15, -0.1) is 0 Å². The predicted molar refractivity (Wildman–Crippen MR) is 49.9 cm³/mol. The Labute approximate surface area is 87.0 Å². The molecule has 0 bridgehead atoms. The third-order valence-electron chi connectivity index (χ3n) is 1.82. The number of primary amides is 1. The Morgan fingerprint density at radius 1 is 1.60 bits per heavy atom. The SMILES string of the molecule is CC1(C)OC(=O)O/C1=C\CCOC(N)=O. The molecule has 0 unspecified atom stereocenters. The molecule has 0 radical (unpaired) electrons. The summed E-state index contributed by atoms with van der Waals surface area (Å²) >= 11 is 0. The summed E-state index contributed by atoms with van der Waals surface area (Å²) in [4.78, 5) is 21.1. The van der Waals surface area contributed by atoms with Crippen LogP contribution in [-0.2, 0) is 14.2 Å². The van der Waals surface area contributed by atoms with Gasteiger partial charge in [0.25, 0.3) is 0 Å². The summed E-state index contributed by atoms with van der Waals surface area (Å²) in [5, 5.41) is 0. The molecule has 1 amide bonds. The second kappa shape index (κ2) is 4.20. The van der Waals surface area contributed by atoms with Crippen molar-refractivity contribution in [1.82, 2.24) is 0 Å². The molecule has 15 heavy (non-hydrogen) atoms. The zero-order valence-corrected chi connectivity index (χ0v) is 8.61. The van der Waals surface area contributed by atoms with E-state index in [4.69, 9.17) is 15.2 Å². The Bertz CT molecular complexity index is 308. The van der Waals surface area contributed by atoms with Gasteiger partial charge in [-0.1, -0.05) is 0 Å². The third-order valence-corrected chi connectivity index (χ3v) is 1.82. The number of hydrogen-bond acceptors (Lipinski definition) is 5. The molecule has 2 N–H and O–H groups in total. The fourth-order valence-corrected chi connectivity index (χ4v) is 1.13. The van der Waals surface area contributed by atoms with Gasteiger partial charge in [0.2, 0.25) is 0 Å². The number of ether oxygens (including phenoxy) is 3. The molecule has 6 heteroatoms. The Morgan fingerprint density at radius 2 is 2.27 bits per heavy atom. The van der Waals surface area contributed by atoms with Crippen LogP contribution < -0.4 is 5.73 Å². The van der Waals surface area contributed by atoms with Crippen LogP contribution >= 0.6 is 0 Å². The molecule has 0 saturated carbocycles. The Balaban J connectivity index is 2.45. The summed E-state index contributed by atoms with van der Waals surface area (Å²) < 4.78 is 14.2. The topological polar surface area (TPSA) is 87.8 Å². The lowest BCUT2D eigenvalue weighted by atomic mass is 10.1. The molecular formula is C9H13NO5. The van der Waals surface area contributed by atoms with Crippen molar-refractivity contribution >= 4 is 12.2 Å². The quantitative estimate of drug-likeness (QED) is 0.566. The van der Waals surface area contributed by atoms with E-state index >= 15 is 0 Å². The summed E-state index contributed by atoms with van der Waals surface area (Å²) in [5.74, 6) is 0.417. The number of hydrogen-bond donors (Lipinski definition) is 1. The standard InChI is InChI=1S/C9H13NO5/c1-9(2)6(14-8(12)15-9)4-3-5-13-7(10)11/h4H,3,5H2,1-2H3,(H2,10,11)/b6-4-. The minimum atomic E-state index is -0.827. The Kier molecular flexibility index (Phi) is 3.18. The third kappa shape index (κ3) is 3.16. The van der Waals surface area contributed by atoms with Gasteiger partial charge in [0.05, 0.1) is 6.61 Å². The molecular weight excluding hydrogens is 202 g/mol. The zero-order valence-electron chi connectivity index (χ0n) is 8.61. The number of rotatable bonds is 3. The van der Waals surface area contributed by atoms with Crippen LogP contribution in [0, 0.1) is 0 Å². The smallest absolute Gasteiger partial charge is 0.449 e. The molecule has 1 rings (SSSR count). The largest absolute Gasteiger partial charge is 0.514 e. The van der Waals surface area contributed by atoms with Crippen LogP contribution in [0.25, 0.3) is 0 Å². The summed E-state index contributed by atoms with van der Waals surface area (Å²) in [6.45, 7) is 3.56. The number of carbonyl (C=O) groups is 2. The minimum Gasteiger partial charge on any atom is -0.449 e. The highest BCUT2D eigenvalue weighted by Gasteiger charge is 2.38. The molecule has 0 aromatic rings. The molecule has 0 aliphatic carbocycles. The van der Waals surface area contributed by atoms with E-state index in [9.17, 15) is 9.59 Å². The lowest BCUT2D eigenvalue weighted by Crippen LogP contribution is -2.20. The second-order valence-electron chi connectivity index (χ2n) is 3.49. The van der Waals surface area contributed by atoms with Gasteiger partial charge in [0.15, 0.2) is 11.4 Å². The van der Waals surface area contributed by atoms with E-state index in [2.05, 4.69) is 4.74 Å². The first-order valence-corrected chi connectivity index (χ1v) is 4.45. The monoisotopic (exact) mass is 215 g/mol. The van der Waals surface area contributed by atoms with E-state index in [1.807, 2.05) is 0 Å². The van der Waals surface area contributed by atoms with Gasteiger partial charge in [0, 0.05) is 6.42 Å². The van der Waals surface area contributed by atoms with E-state index in [0.29, 0.717) is 12.2 Å². The summed E-state index contributed by atoms with van der Waals surface area (Å²) in [6, 6.07) is 0. The van der Waals surface area contributed by atoms with Crippen LogP contribution in [0.3, 0.4) is 0 Å². The van der Waals surface area contributed by atoms with Crippen molar-refractivity contribution in [3.63, 3.8) is 0 Å². The molecule has 0 aromatic heterocycles. The Hall–Kier alpha value is -1.72. The minimum absolute atomic E-state index is 0.145. The maximum atomic E-state index is 10.8. The van der Waals surface area contributed by atoms with Gasteiger partial charge >= 0.3 is 12.2 Å². The second-order valence-corrected chi connectivity index (χ2v) is 3.49. The molecule has 0 spiro atoms. The molecule has 0 atom stereocenters. The van der Waals surface area contributed by atoms with E-state index in [0.717, 1.165) is 0 Å². The Morgan fingerprint density at radius 3 is 2.73 bits per heavy atom. The molecule has 1 saturated heterocycles. The van der Waals surface area contributed by atoms with Gasteiger partial charge in [-0.2, -0.15) is 0 Å². The van der Waals surface area contributed by atoms with Crippen LogP contribution in [0.1, 0.15) is 20.3 Å². The number of nitrogens with two attached hydrogens (primary N) is 1. The summed E-state index contributed by atoms with van der Waals surface area (Å²) in [5.41, 5.74) is 4.01. The average molecular weight is 215 g/mol. The molecule has 84 valence electrons. The predicted octanol–water partition coefficient (Wildman–Crippen LogP) is 1.30. The fraction of sp³-hybridized carbons (Fsp3) is 0.556. The van der Waals surface area contributed by atoms with Gasteiger partial charge in [-0.3, -0.25) is 0 Å². The lowest BCUT2D eigenvalue weighted by Gasteiger charge is -2.13. The summed E-state index contributed by atoms with van der Waals surface area (Å²) in [7, 11) is 0. The number of cyclic esters (lactones) is 2. The molecule has 1 heterocycles. The van der Waals surface area contributed by atoms with Crippen LogP contribution in [0.5, 0.6) is 0 Å². The highest BCUT2D eigenvalue weighted by atomic mass is 16.8. The van der Waals surface area contributed by atoms with Crippen molar-refractivity contribution in [1.29, 1.82) is 0 Å². The van der Waals surface area contributed by atoms with Crippen LogP contribution in [-0.4, -0.2) is 24.5 Å². The highest BCUT2D eigenvalue weighted by molar-refractivity contribution is 5.66. The molecule has 1 aliphatic heterocycles. The van der Waals surface area contributed by atoms with Crippen molar-refractivity contribution in [2.75, 3.05) is 6.61 Å². The highest BCUT2D eigenvalue weighted by Crippen LogP contribution is 2.29. The van der Waals surface area contributed by atoms with Crippen LogP contribution in [0.4, 0.5) is 9.59 Å². The average Bonchev–Trinajstić information content (AvgIpc) is 2.33. The maximum Gasteiger partial charge on any atom is 0.514 e. The van der Waals surface area contributed by atoms with Gasteiger partial charge < -0.3 is 19.9 Å². The first-order chi connectivity index (χ1) is 6.92. The molecule has 1 fully saturated rings.